The molecule has 1 aromatic heterocycles. The predicted octanol–water partition coefficient (Wildman–Crippen LogP) is 3.83. The molecule has 0 aliphatic carbocycles. The number of likely N-dealkylation sites (tertiary alicyclic amines) is 1. The molecule has 5 heteroatoms. The van der Waals surface area contributed by atoms with E-state index in [-0.39, 0.29) is 17.9 Å². The summed E-state index contributed by atoms with van der Waals surface area (Å²) in [5, 5.41) is 3.11. The SMILES string of the molecule is CCC(=O)N1CCC[C@](Cc2cccc(-c3ccncc3)c2)(C(=O)NC(C)C)C1. The summed E-state index contributed by atoms with van der Waals surface area (Å²) in [5.74, 6) is 0.173. The third-order valence-corrected chi connectivity index (χ3v) is 5.62. The highest BCUT2D eigenvalue weighted by Gasteiger charge is 2.43. The van der Waals surface area contributed by atoms with Gasteiger partial charge in [0.05, 0.1) is 5.41 Å². The second-order valence-corrected chi connectivity index (χ2v) is 8.29. The lowest BCUT2D eigenvalue weighted by atomic mass is 9.73. The van der Waals surface area contributed by atoms with E-state index >= 15 is 0 Å². The van der Waals surface area contributed by atoms with Crippen LogP contribution in [0.15, 0.2) is 48.8 Å². The first kappa shape index (κ1) is 21.0. The van der Waals surface area contributed by atoms with Crippen molar-refractivity contribution in [3.63, 3.8) is 0 Å². The number of pyridine rings is 1. The number of benzene rings is 1. The molecule has 154 valence electrons. The molecule has 1 fully saturated rings. The summed E-state index contributed by atoms with van der Waals surface area (Å²) >= 11 is 0. The number of carbonyl (C=O) groups excluding carboxylic acids is 2. The number of hydrogen-bond acceptors (Lipinski definition) is 3. The van der Waals surface area contributed by atoms with Gasteiger partial charge in [-0.15, -0.1) is 0 Å². The fourth-order valence-electron chi connectivity index (χ4n) is 4.19. The molecule has 1 aliphatic heterocycles. The lowest BCUT2D eigenvalue weighted by molar-refractivity contribution is -0.141. The van der Waals surface area contributed by atoms with Crippen LogP contribution in [-0.4, -0.2) is 40.8 Å². The Kier molecular flexibility index (Phi) is 6.68. The molecule has 1 aliphatic rings. The maximum absolute atomic E-state index is 13.3. The van der Waals surface area contributed by atoms with E-state index in [1.807, 2.05) is 43.9 Å². The Balaban J connectivity index is 1.91. The molecular weight excluding hydrogens is 362 g/mol. The number of carbonyl (C=O) groups is 2. The van der Waals surface area contributed by atoms with E-state index in [0.717, 1.165) is 36.1 Å². The standard InChI is InChI=1S/C24H31N3O2/c1-4-22(28)27-14-6-11-24(17-27,23(29)26-18(2)3)16-19-7-5-8-21(15-19)20-9-12-25-13-10-20/h5,7-10,12-13,15,18H,4,6,11,14,16-17H2,1-3H3,(H,26,29)/t24-/m1/s1. The number of nitrogens with one attached hydrogen (secondary N) is 1. The van der Waals surface area contributed by atoms with E-state index in [1.54, 1.807) is 12.4 Å². The zero-order valence-corrected chi connectivity index (χ0v) is 17.6. The van der Waals surface area contributed by atoms with Crippen molar-refractivity contribution in [3.8, 4) is 11.1 Å². The Labute approximate surface area is 173 Å². The lowest BCUT2D eigenvalue weighted by Gasteiger charge is -2.42. The third kappa shape index (κ3) is 5.03. The minimum atomic E-state index is -0.593. The zero-order chi connectivity index (χ0) is 20.9. The van der Waals surface area contributed by atoms with Gasteiger partial charge >= 0.3 is 0 Å². The second kappa shape index (κ2) is 9.21. The molecule has 1 N–H and O–H groups in total. The van der Waals surface area contributed by atoms with Crippen molar-refractivity contribution >= 4 is 11.8 Å². The van der Waals surface area contributed by atoms with Gasteiger partial charge in [0.25, 0.3) is 0 Å². The highest BCUT2D eigenvalue weighted by Crippen LogP contribution is 2.35. The van der Waals surface area contributed by atoms with Gasteiger partial charge in [0.2, 0.25) is 11.8 Å². The number of hydrogen-bond donors (Lipinski definition) is 1. The summed E-state index contributed by atoms with van der Waals surface area (Å²) in [6.07, 6.45) is 6.31. The summed E-state index contributed by atoms with van der Waals surface area (Å²) in [6.45, 7) is 7.06. The summed E-state index contributed by atoms with van der Waals surface area (Å²) in [5.41, 5.74) is 2.74. The van der Waals surface area contributed by atoms with Crippen LogP contribution in [0.5, 0.6) is 0 Å². The highest BCUT2D eigenvalue weighted by atomic mass is 16.2. The van der Waals surface area contributed by atoms with Crippen LogP contribution in [0.25, 0.3) is 11.1 Å². The average molecular weight is 394 g/mol. The number of nitrogens with zero attached hydrogens (tertiary/aromatic N) is 2. The molecular formula is C24H31N3O2. The maximum Gasteiger partial charge on any atom is 0.228 e. The van der Waals surface area contributed by atoms with E-state index in [2.05, 4.69) is 28.5 Å². The minimum Gasteiger partial charge on any atom is -0.353 e. The number of amides is 2. The zero-order valence-electron chi connectivity index (χ0n) is 17.6. The van der Waals surface area contributed by atoms with Crippen LogP contribution in [0, 0.1) is 5.41 Å². The smallest absolute Gasteiger partial charge is 0.228 e. The molecule has 0 saturated carbocycles. The Hall–Kier alpha value is -2.69. The molecule has 1 saturated heterocycles. The molecule has 2 amide bonds. The summed E-state index contributed by atoms with van der Waals surface area (Å²) in [4.78, 5) is 31.6. The van der Waals surface area contributed by atoms with Crippen LogP contribution >= 0.6 is 0 Å². The first-order valence-corrected chi connectivity index (χ1v) is 10.5. The minimum absolute atomic E-state index is 0.0513. The van der Waals surface area contributed by atoms with Crippen molar-refractivity contribution in [1.29, 1.82) is 0 Å². The van der Waals surface area contributed by atoms with Gasteiger partial charge in [0.15, 0.2) is 0 Å². The molecule has 0 spiro atoms. The Morgan fingerprint density at radius 3 is 2.62 bits per heavy atom. The van der Waals surface area contributed by atoms with Crippen LogP contribution < -0.4 is 5.32 Å². The number of rotatable bonds is 6. The van der Waals surface area contributed by atoms with E-state index in [0.29, 0.717) is 19.4 Å². The van der Waals surface area contributed by atoms with Gasteiger partial charge < -0.3 is 10.2 Å². The highest BCUT2D eigenvalue weighted by molar-refractivity contribution is 5.85. The molecule has 29 heavy (non-hydrogen) atoms. The topological polar surface area (TPSA) is 62.3 Å². The van der Waals surface area contributed by atoms with Crippen molar-refractivity contribution in [3.05, 3.63) is 54.4 Å². The van der Waals surface area contributed by atoms with Crippen LogP contribution in [0.4, 0.5) is 0 Å². The largest absolute Gasteiger partial charge is 0.353 e. The Morgan fingerprint density at radius 1 is 1.17 bits per heavy atom. The van der Waals surface area contributed by atoms with E-state index in [9.17, 15) is 9.59 Å². The summed E-state index contributed by atoms with van der Waals surface area (Å²) in [6, 6.07) is 12.4. The van der Waals surface area contributed by atoms with E-state index < -0.39 is 5.41 Å². The van der Waals surface area contributed by atoms with Crippen LogP contribution in [-0.2, 0) is 16.0 Å². The van der Waals surface area contributed by atoms with Crippen molar-refractivity contribution in [2.24, 2.45) is 5.41 Å². The maximum atomic E-state index is 13.3. The van der Waals surface area contributed by atoms with E-state index in [1.165, 1.54) is 0 Å². The first-order chi connectivity index (χ1) is 13.9. The molecule has 0 radical (unpaired) electrons. The molecule has 0 unspecified atom stereocenters. The molecule has 2 aromatic rings. The molecule has 2 heterocycles. The molecule has 3 rings (SSSR count). The van der Waals surface area contributed by atoms with Crippen molar-refractivity contribution in [1.82, 2.24) is 15.2 Å². The van der Waals surface area contributed by atoms with Crippen LogP contribution in [0.3, 0.4) is 0 Å². The van der Waals surface area contributed by atoms with Crippen LogP contribution in [0.2, 0.25) is 0 Å². The fraction of sp³-hybridized carbons (Fsp3) is 0.458. The molecule has 5 nitrogen and oxygen atoms in total. The third-order valence-electron chi connectivity index (χ3n) is 5.62. The summed E-state index contributed by atoms with van der Waals surface area (Å²) in [7, 11) is 0. The van der Waals surface area contributed by atoms with Gasteiger partial charge in [-0.3, -0.25) is 14.6 Å². The number of piperidine rings is 1. The average Bonchev–Trinajstić information content (AvgIpc) is 2.73. The van der Waals surface area contributed by atoms with Gasteiger partial charge in [-0.1, -0.05) is 31.2 Å². The Bertz CT molecular complexity index is 850. The van der Waals surface area contributed by atoms with Crippen molar-refractivity contribution in [2.45, 2.75) is 52.5 Å². The van der Waals surface area contributed by atoms with Crippen LogP contribution in [0.1, 0.15) is 45.6 Å². The predicted molar refractivity (Wildman–Crippen MR) is 115 cm³/mol. The molecule has 1 aromatic carbocycles. The van der Waals surface area contributed by atoms with Crippen molar-refractivity contribution < 1.29 is 9.59 Å². The first-order valence-electron chi connectivity index (χ1n) is 10.5. The Morgan fingerprint density at radius 2 is 1.93 bits per heavy atom. The van der Waals surface area contributed by atoms with Gasteiger partial charge in [-0.05, 0) is 61.9 Å². The normalized spacial score (nSPS) is 19.2. The second-order valence-electron chi connectivity index (χ2n) is 8.29. The lowest BCUT2D eigenvalue weighted by Crippen LogP contribution is -2.55. The number of aromatic nitrogens is 1. The monoisotopic (exact) mass is 393 g/mol. The quantitative estimate of drug-likeness (QED) is 0.811. The van der Waals surface area contributed by atoms with Gasteiger partial charge in [0, 0.05) is 37.9 Å². The van der Waals surface area contributed by atoms with Gasteiger partial charge in [0.1, 0.15) is 0 Å². The molecule has 0 bridgehead atoms. The summed E-state index contributed by atoms with van der Waals surface area (Å²) < 4.78 is 0. The van der Waals surface area contributed by atoms with E-state index in [4.69, 9.17) is 0 Å². The van der Waals surface area contributed by atoms with Gasteiger partial charge in [-0.2, -0.15) is 0 Å². The molecule has 1 atom stereocenters. The fourth-order valence-corrected chi connectivity index (χ4v) is 4.19. The van der Waals surface area contributed by atoms with Gasteiger partial charge in [-0.25, -0.2) is 0 Å². The van der Waals surface area contributed by atoms with Crippen molar-refractivity contribution in [2.75, 3.05) is 13.1 Å².